The first-order valence-corrected chi connectivity index (χ1v) is 7.55. The largest absolute Gasteiger partial charge is 0.313 e. The van der Waals surface area contributed by atoms with E-state index in [-0.39, 0.29) is 0 Å². The predicted octanol–water partition coefficient (Wildman–Crippen LogP) is 3.85. The van der Waals surface area contributed by atoms with Gasteiger partial charge in [-0.1, -0.05) is 37.1 Å². The van der Waals surface area contributed by atoms with Crippen molar-refractivity contribution in [2.75, 3.05) is 6.54 Å². The SMILES string of the molecule is Cc1ccccc1CC1(CNC2CC2)CCCC1. The summed E-state index contributed by atoms with van der Waals surface area (Å²) >= 11 is 0. The monoisotopic (exact) mass is 243 g/mol. The molecule has 0 atom stereocenters. The Morgan fingerprint density at radius 1 is 1.17 bits per heavy atom. The van der Waals surface area contributed by atoms with E-state index in [0.29, 0.717) is 5.41 Å². The van der Waals surface area contributed by atoms with Crippen LogP contribution in [0.15, 0.2) is 24.3 Å². The molecule has 0 bridgehead atoms. The summed E-state index contributed by atoms with van der Waals surface area (Å²) in [5, 5.41) is 3.78. The Kier molecular flexibility index (Phi) is 3.43. The summed E-state index contributed by atoms with van der Waals surface area (Å²) in [6.45, 7) is 3.50. The number of rotatable bonds is 5. The third kappa shape index (κ3) is 2.77. The van der Waals surface area contributed by atoms with E-state index >= 15 is 0 Å². The molecule has 0 amide bonds. The second-order valence-corrected chi connectivity index (χ2v) is 6.47. The molecule has 1 heteroatoms. The molecule has 2 fully saturated rings. The second-order valence-electron chi connectivity index (χ2n) is 6.47. The van der Waals surface area contributed by atoms with Gasteiger partial charge in [0.15, 0.2) is 0 Å². The molecule has 0 aliphatic heterocycles. The van der Waals surface area contributed by atoms with Crippen LogP contribution in [0.5, 0.6) is 0 Å². The molecule has 98 valence electrons. The topological polar surface area (TPSA) is 12.0 Å². The maximum atomic E-state index is 3.78. The molecule has 0 spiro atoms. The average Bonchev–Trinajstić information content (AvgIpc) is 3.10. The second kappa shape index (κ2) is 5.05. The normalized spacial score (nSPS) is 22.3. The Hall–Kier alpha value is -0.820. The first-order valence-electron chi connectivity index (χ1n) is 7.55. The molecule has 18 heavy (non-hydrogen) atoms. The van der Waals surface area contributed by atoms with Gasteiger partial charge in [0.25, 0.3) is 0 Å². The molecular formula is C17H25N. The lowest BCUT2D eigenvalue weighted by Crippen LogP contribution is -2.35. The van der Waals surface area contributed by atoms with E-state index in [4.69, 9.17) is 0 Å². The molecule has 2 aliphatic carbocycles. The zero-order valence-electron chi connectivity index (χ0n) is 11.5. The molecule has 0 saturated heterocycles. The molecule has 0 unspecified atom stereocenters. The molecule has 1 nitrogen and oxygen atoms in total. The summed E-state index contributed by atoms with van der Waals surface area (Å²) in [4.78, 5) is 0. The Balaban J connectivity index is 1.70. The van der Waals surface area contributed by atoms with Crippen LogP contribution in [-0.4, -0.2) is 12.6 Å². The van der Waals surface area contributed by atoms with Crippen LogP contribution in [-0.2, 0) is 6.42 Å². The fraction of sp³-hybridized carbons (Fsp3) is 0.647. The summed E-state index contributed by atoms with van der Waals surface area (Å²) in [6.07, 6.45) is 9.78. The van der Waals surface area contributed by atoms with Gasteiger partial charge in [0.2, 0.25) is 0 Å². The lowest BCUT2D eigenvalue weighted by Gasteiger charge is -2.30. The summed E-state index contributed by atoms with van der Waals surface area (Å²) in [7, 11) is 0. The number of hydrogen-bond donors (Lipinski definition) is 1. The maximum Gasteiger partial charge on any atom is 0.00684 e. The summed E-state index contributed by atoms with van der Waals surface area (Å²) in [5.41, 5.74) is 3.58. The summed E-state index contributed by atoms with van der Waals surface area (Å²) in [5.74, 6) is 0. The zero-order chi connectivity index (χ0) is 12.4. The summed E-state index contributed by atoms with van der Waals surface area (Å²) < 4.78 is 0. The van der Waals surface area contributed by atoms with Crippen LogP contribution in [0.1, 0.15) is 49.7 Å². The smallest absolute Gasteiger partial charge is 0.00684 e. The lowest BCUT2D eigenvalue weighted by atomic mass is 9.79. The van der Waals surface area contributed by atoms with Gasteiger partial charge >= 0.3 is 0 Å². The molecular weight excluding hydrogens is 218 g/mol. The number of aryl methyl sites for hydroxylation is 1. The molecule has 2 saturated carbocycles. The van der Waals surface area contributed by atoms with Gasteiger partial charge in [0.05, 0.1) is 0 Å². The van der Waals surface area contributed by atoms with Crippen molar-refractivity contribution in [3.05, 3.63) is 35.4 Å². The van der Waals surface area contributed by atoms with Gasteiger partial charge in [-0.3, -0.25) is 0 Å². The minimum absolute atomic E-state index is 0.550. The van der Waals surface area contributed by atoms with Crippen molar-refractivity contribution in [3.8, 4) is 0 Å². The maximum absolute atomic E-state index is 3.78. The highest BCUT2D eigenvalue weighted by molar-refractivity contribution is 5.27. The molecule has 1 N–H and O–H groups in total. The van der Waals surface area contributed by atoms with E-state index in [1.165, 1.54) is 57.1 Å². The van der Waals surface area contributed by atoms with E-state index in [1.54, 1.807) is 5.56 Å². The Labute approximate surface area is 111 Å². The predicted molar refractivity (Wildman–Crippen MR) is 76.8 cm³/mol. The van der Waals surface area contributed by atoms with Crippen molar-refractivity contribution in [1.29, 1.82) is 0 Å². The van der Waals surface area contributed by atoms with Gasteiger partial charge in [-0.05, 0) is 55.6 Å². The number of hydrogen-bond acceptors (Lipinski definition) is 1. The molecule has 2 aliphatic rings. The van der Waals surface area contributed by atoms with Crippen LogP contribution < -0.4 is 5.32 Å². The lowest BCUT2D eigenvalue weighted by molar-refractivity contribution is 0.276. The fourth-order valence-electron chi connectivity index (χ4n) is 3.40. The third-order valence-electron chi connectivity index (χ3n) is 4.83. The molecule has 0 radical (unpaired) electrons. The van der Waals surface area contributed by atoms with Crippen LogP contribution in [0, 0.1) is 12.3 Å². The molecule has 3 rings (SSSR count). The first-order chi connectivity index (χ1) is 8.77. The average molecular weight is 243 g/mol. The number of benzene rings is 1. The molecule has 0 aromatic heterocycles. The summed E-state index contributed by atoms with van der Waals surface area (Å²) in [6, 6.07) is 9.78. The quantitative estimate of drug-likeness (QED) is 0.828. The zero-order valence-corrected chi connectivity index (χ0v) is 11.5. The van der Waals surface area contributed by atoms with Crippen molar-refractivity contribution < 1.29 is 0 Å². The standard InChI is InChI=1S/C17H25N/c1-14-6-2-3-7-15(14)12-17(10-4-5-11-17)13-18-16-8-9-16/h2-3,6-7,16,18H,4-5,8-13H2,1H3. The minimum Gasteiger partial charge on any atom is -0.313 e. The Morgan fingerprint density at radius 2 is 1.89 bits per heavy atom. The fourth-order valence-corrected chi connectivity index (χ4v) is 3.40. The van der Waals surface area contributed by atoms with Crippen molar-refractivity contribution in [2.24, 2.45) is 5.41 Å². The molecule has 0 heterocycles. The number of nitrogens with one attached hydrogen (secondary N) is 1. The van der Waals surface area contributed by atoms with Gasteiger partial charge in [-0.25, -0.2) is 0 Å². The highest BCUT2D eigenvalue weighted by atomic mass is 15.0. The van der Waals surface area contributed by atoms with Crippen LogP contribution in [0.2, 0.25) is 0 Å². The van der Waals surface area contributed by atoms with Crippen molar-refractivity contribution in [3.63, 3.8) is 0 Å². The van der Waals surface area contributed by atoms with Crippen LogP contribution in [0.4, 0.5) is 0 Å². The van der Waals surface area contributed by atoms with Gasteiger partial charge < -0.3 is 5.32 Å². The van der Waals surface area contributed by atoms with E-state index in [0.717, 1.165) is 6.04 Å². The molecule has 1 aromatic carbocycles. The van der Waals surface area contributed by atoms with E-state index in [9.17, 15) is 0 Å². The highest BCUT2D eigenvalue weighted by Crippen LogP contribution is 2.41. The van der Waals surface area contributed by atoms with Gasteiger partial charge in [0.1, 0.15) is 0 Å². The third-order valence-corrected chi connectivity index (χ3v) is 4.83. The van der Waals surface area contributed by atoms with Crippen LogP contribution in [0.25, 0.3) is 0 Å². The molecule has 1 aromatic rings. The Bertz CT molecular complexity index is 400. The van der Waals surface area contributed by atoms with Gasteiger partial charge in [0, 0.05) is 12.6 Å². The van der Waals surface area contributed by atoms with Crippen molar-refractivity contribution >= 4 is 0 Å². The van der Waals surface area contributed by atoms with Crippen molar-refractivity contribution in [2.45, 2.75) is 57.9 Å². The van der Waals surface area contributed by atoms with E-state index < -0.39 is 0 Å². The van der Waals surface area contributed by atoms with Crippen LogP contribution >= 0.6 is 0 Å². The van der Waals surface area contributed by atoms with Gasteiger partial charge in [-0.15, -0.1) is 0 Å². The van der Waals surface area contributed by atoms with Gasteiger partial charge in [-0.2, -0.15) is 0 Å². The Morgan fingerprint density at radius 3 is 2.56 bits per heavy atom. The van der Waals surface area contributed by atoms with Crippen molar-refractivity contribution in [1.82, 2.24) is 5.32 Å². The van der Waals surface area contributed by atoms with E-state index in [2.05, 4.69) is 36.5 Å². The van der Waals surface area contributed by atoms with E-state index in [1.807, 2.05) is 0 Å². The highest BCUT2D eigenvalue weighted by Gasteiger charge is 2.35. The minimum atomic E-state index is 0.550. The first kappa shape index (κ1) is 12.2. The van der Waals surface area contributed by atoms with Crippen LogP contribution in [0.3, 0.4) is 0 Å².